The van der Waals surface area contributed by atoms with Crippen LogP contribution in [0.25, 0.3) is 10.8 Å². The van der Waals surface area contributed by atoms with Gasteiger partial charge in [0.25, 0.3) is 0 Å². The van der Waals surface area contributed by atoms with E-state index in [0.29, 0.717) is 12.0 Å². The number of benzene rings is 3. The van der Waals surface area contributed by atoms with Crippen molar-refractivity contribution in [1.29, 1.82) is 0 Å². The first-order valence-electron chi connectivity index (χ1n) is 11.2. The van der Waals surface area contributed by atoms with Crippen molar-refractivity contribution in [2.45, 2.75) is 58.7 Å². The van der Waals surface area contributed by atoms with Gasteiger partial charge in [-0.15, -0.1) is 0 Å². The van der Waals surface area contributed by atoms with Gasteiger partial charge in [-0.3, -0.25) is 9.59 Å². The Bertz CT molecular complexity index is 1080. The fourth-order valence-corrected chi connectivity index (χ4v) is 3.75. The lowest BCUT2D eigenvalue weighted by Gasteiger charge is -2.30. The molecule has 168 valence electrons. The van der Waals surface area contributed by atoms with Crippen LogP contribution in [0.4, 0.5) is 4.39 Å². The Morgan fingerprint density at radius 3 is 2.34 bits per heavy atom. The van der Waals surface area contributed by atoms with Gasteiger partial charge in [0.1, 0.15) is 11.9 Å². The monoisotopic (exact) mass is 434 g/mol. The summed E-state index contributed by atoms with van der Waals surface area (Å²) in [6.45, 7) is 5.67. The first kappa shape index (κ1) is 23.5. The fourth-order valence-electron chi connectivity index (χ4n) is 3.75. The van der Waals surface area contributed by atoms with Crippen LogP contribution in [-0.2, 0) is 22.6 Å². The highest BCUT2D eigenvalue weighted by Gasteiger charge is 2.27. The van der Waals surface area contributed by atoms with Gasteiger partial charge in [0.15, 0.2) is 0 Å². The summed E-state index contributed by atoms with van der Waals surface area (Å²) in [5.41, 5.74) is 1.48. The zero-order valence-corrected chi connectivity index (χ0v) is 19.0. The average Bonchev–Trinajstić information content (AvgIpc) is 2.81. The minimum absolute atomic E-state index is 0.00560. The minimum atomic E-state index is -0.705. The number of hydrogen-bond donors (Lipinski definition) is 1. The van der Waals surface area contributed by atoms with Crippen LogP contribution in [0.1, 0.15) is 44.7 Å². The van der Waals surface area contributed by atoms with Gasteiger partial charge in [-0.1, -0.05) is 67.6 Å². The second-order valence-electron chi connectivity index (χ2n) is 8.25. The highest BCUT2D eigenvalue weighted by atomic mass is 19.1. The normalized spacial score (nSPS) is 12.9. The van der Waals surface area contributed by atoms with Crippen molar-refractivity contribution in [1.82, 2.24) is 10.2 Å². The van der Waals surface area contributed by atoms with Crippen molar-refractivity contribution in [2.75, 3.05) is 0 Å². The average molecular weight is 435 g/mol. The molecule has 0 spiro atoms. The van der Waals surface area contributed by atoms with Gasteiger partial charge in [-0.25, -0.2) is 4.39 Å². The Morgan fingerprint density at radius 2 is 1.59 bits per heavy atom. The third kappa shape index (κ3) is 5.72. The molecule has 4 nitrogen and oxygen atoms in total. The molecule has 0 fully saturated rings. The highest BCUT2D eigenvalue weighted by Crippen LogP contribution is 2.21. The molecule has 3 aromatic carbocycles. The SMILES string of the molecule is CC[C@H](C)NC(=O)[C@H](C)N(Cc1ccccc1F)C(=O)CCc1cccc2ccccc12. The van der Waals surface area contributed by atoms with E-state index in [1.54, 1.807) is 25.1 Å². The van der Waals surface area contributed by atoms with E-state index in [1.807, 2.05) is 50.2 Å². The Hall–Kier alpha value is -3.21. The molecule has 0 aromatic heterocycles. The molecule has 2 atom stereocenters. The van der Waals surface area contributed by atoms with Gasteiger partial charge in [-0.05, 0) is 49.1 Å². The maximum atomic E-state index is 14.3. The number of amides is 2. The van der Waals surface area contributed by atoms with E-state index >= 15 is 0 Å². The Labute approximate surface area is 189 Å². The van der Waals surface area contributed by atoms with Crippen molar-refractivity contribution in [3.63, 3.8) is 0 Å². The molecule has 0 bridgehead atoms. The number of aryl methyl sites for hydroxylation is 1. The molecule has 2 amide bonds. The van der Waals surface area contributed by atoms with Gasteiger partial charge in [0.2, 0.25) is 11.8 Å². The van der Waals surface area contributed by atoms with Crippen molar-refractivity contribution < 1.29 is 14.0 Å². The van der Waals surface area contributed by atoms with E-state index in [0.717, 1.165) is 22.8 Å². The van der Waals surface area contributed by atoms with Crippen LogP contribution in [0, 0.1) is 5.82 Å². The number of halogens is 1. The predicted octanol–water partition coefficient (Wildman–Crippen LogP) is 5.24. The van der Waals surface area contributed by atoms with Crippen LogP contribution in [0.2, 0.25) is 0 Å². The number of carbonyl (C=O) groups excluding carboxylic acids is 2. The largest absolute Gasteiger partial charge is 0.352 e. The molecule has 5 heteroatoms. The van der Waals surface area contributed by atoms with Crippen LogP contribution in [0.3, 0.4) is 0 Å². The number of fused-ring (bicyclic) bond motifs is 1. The van der Waals surface area contributed by atoms with Crippen molar-refractivity contribution in [3.05, 3.63) is 83.7 Å². The fraction of sp³-hybridized carbons (Fsp3) is 0.333. The maximum absolute atomic E-state index is 14.3. The summed E-state index contributed by atoms with van der Waals surface area (Å²) in [6, 6.07) is 19.8. The Morgan fingerprint density at radius 1 is 0.938 bits per heavy atom. The quantitative estimate of drug-likeness (QED) is 0.500. The Balaban J connectivity index is 1.80. The lowest BCUT2D eigenvalue weighted by atomic mass is 10.0. The molecule has 3 rings (SSSR count). The van der Waals surface area contributed by atoms with E-state index < -0.39 is 6.04 Å². The van der Waals surface area contributed by atoms with Gasteiger partial charge < -0.3 is 10.2 Å². The zero-order valence-electron chi connectivity index (χ0n) is 19.0. The molecule has 0 aliphatic heterocycles. The van der Waals surface area contributed by atoms with E-state index in [-0.39, 0.29) is 36.6 Å². The summed E-state index contributed by atoms with van der Waals surface area (Å²) in [7, 11) is 0. The first-order chi connectivity index (χ1) is 15.4. The van der Waals surface area contributed by atoms with Crippen LogP contribution in [0.15, 0.2) is 66.7 Å². The molecule has 0 heterocycles. The van der Waals surface area contributed by atoms with Gasteiger partial charge in [0.05, 0.1) is 0 Å². The maximum Gasteiger partial charge on any atom is 0.242 e. The summed E-state index contributed by atoms with van der Waals surface area (Å²) >= 11 is 0. The molecule has 0 unspecified atom stereocenters. The molecule has 3 aromatic rings. The van der Waals surface area contributed by atoms with E-state index in [2.05, 4.69) is 11.4 Å². The van der Waals surface area contributed by atoms with Crippen LogP contribution in [-0.4, -0.2) is 28.8 Å². The molecule has 32 heavy (non-hydrogen) atoms. The summed E-state index contributed by atoms with van der Waals surface area (Å²) in [5, 5.41) is 5.18. The van der Waals surface area contributed by atoms with Gasteiger partial charge >= 0.3 is 0 Å². The first-order valence-corrected chi connectivity index (χ1v) is 11.2. The standard InChI is InChI=1S/C27H31FN2O2/c1-4-19(2)29-27(32)20(3)30(18-23-11-6-8-15-25(23)28)26(31)17-16-22-13-9-12-21-10-5-7-14-24(21)22/h5-15,19-20H,4,16-18H2,1-3H3,(H,29,32)/t19-,20-/m0/s1. The molecule has 0 aliphatic carbocycles. The summed E-state index contributed by atoms with van der Waals surface area (Å²) in [4.78, 5) is 27.6. The molecule has 0 saturated carbocycles. The lowest BCUT2D eigenvalue weighted by Crippen LogP contribution is -2.49. The smallest absolute Gasteiger partial charge is 0.242 e. The number of nitrogens with zero attached hydrogens (tertiary/aromatic N) is 1. The molecule has 0 aliphatic rings. The molecular formula is C27H31FN2O2. The Kier molecular flexibility index (Phi) is 7.98. The number of hydrogen-bond acceptors (Lipinski definition) is 2. The zero-order chi connectivity index (χ0) is 23.1. The van der Waals surface area contributed by atoms with Crippen LogP contribution < -0.4 is 5.32 Å². The lowest BCUT2D eigenvalue weighted by molar-refractivity contribution is -0.140. The van der Waals surface area contributed by atoms with Crippen molar-refractivity contribution in [2.24, 2.45) is 0 Å². The number of carbonyl (C=O) groups is 2. The van der Waals surface area contributed by atoms with Crippen molar-refractivity contribution in [3.8, 4) is 0 Å². The summed E-state index contributed by atoms with van der Waals surface area (Å²) in [6.07, 6.45) is 1.58. The molecule has 0 saturated heterocycles. The molecule has 1 N–H and O–H groups in total. The highest BCUT2D eigenvalue weighted by molar-refractivity contribution is 5.89. The minimum Gasteiger partial charge on any atom is -0.352 e. The van der Waals surface area contributed by atoms with Gasteiger partial charge in [0, 0.05) is 24.6 Å². The van der Waals surface area contributed by atoms with E-state index in [1.165, 1.54) is 11.0 Å². The molecule has 0 radical (unpaired) electrons. The topological polar surface area (TPSA) is 49.4 Å². The second-order valence-corrected chi connectivity index (χ2v) is 8.25. The third-order valence-corrected chi connectivity index (χ3v) is 5.95. The number of nitrogens with one attached hydrogen (secondary N) is 1. The predicted molar refractivity (Wildman–Crippen MR) is 127 cm³/mol. The summed E-state index contributed by atoms with van der Waals surface area (Å²) in [5.74, 6) is -0.781. The van der Waals surface area contributed by atoms with E-state index in [9.17, 15) is 14.0 Å². The van der Waals surface area contributed by atoms with E-state index in [4.69, 9.17) is 0 Å². The van der Waals surface area contributed by atoms with Crippen LogP contribution in [0.5, 0.6) is 0 Å². The van der Waals surface area contributed by atoms with Gasteiger partial charge in [-0.2, -0.15) is 0 Å². The number of rotatable bonds is 9. The van der Waals surface area contributed by atoms with Crippen LogP contribution >= 0.6 is 0 Å². The third-order valence-electron chi connectivity index (χ3n) is 5.95. The molecular weight excluding hydrogens is 403 g/mol. The summed E-state index contributed by atoms with van der Waals surface area (Å²) < 4.78 is 14.3. The van der Waals surface area contributed by atoms with Crippen molar-refractivity contribution >= 4 is 22.6 Å². The second kappa shape index (κ2) is 10.9.